The molecule has 0 saturated carbocycles. The normalized spacial score (nSPS) is 17.2. The first-order chi connectivity index (χ1) is 9.06. The Morgan fingerprint density at radius 2 is 1.89 bits per heavy atom. The number of halogens is 1. The second kappa shape index (κ2) is 6.46. The van der Waals surface area contributed by atoms with Gasteiger partial charge in [-0.1, -0.05) is 11.6 Å². The molecule has 0 aromatic heterocycles. The molecule has 0 unspecified atom stereocenters. The second-order valence-corrected chi connectivity index (χ2v) is 5.75. The highest BCUT2D eigenvalue weighted by Crippen LogP contribution is 2.28. The van der Waals surface area contributed by atoms with Crippen LogP contribution >= 0.6 is 11.6 Å². The van der Waals surface area contributed by atoms with E-state index in [4.69, 9.17) is 17.3 Å². The van der Waals surface area contributed by atoms with Crippen molar-refractivity contribution in [2.45, 2.75) is 0 Å². The molecule has 4 nitrogen and oxygen atoms in total. The van der Waals surface area contributed by atoms with Gasteiger partial charge in [-0.3, -0.25) is 4.90 Å². The van der Waals surface area contributed by atoms with Crippen LogP contribution in [0.3, 0.4) is 0 Å². The number of likely N-dealkylation sites (N-methyl/N-ethyl adjacent to an activating group) is 1. The van der Waals surface area contributed by atoms with E-state index in [2.05, 4.69) is 28.8 Å². The van der Waals surface area contributed by atoms with Crippen molar-refractivity contribution in [2.75, 3.05) is 64.0 Å². The van der Waals surface area contributed by atoms with E-state index >= 15 is 0 Å². The van der Waals surface area contributed by atoms with Gasteiger partial charge in [-0.05, 0) is 32.3 Å². The molecule has 0 aliphatic carbocycles. The first kappa shape index (κ1) is 14.4. The summed E-state index contributed by atoms with van der Waals surface area (Å²) in [6.07, 6.45) is 0. The summed E-state index contributed by atoms with van der Waals surface area (Å²) in [5.41, 5.74) is 7.55. The zero-order chi connectivity index (χ0) is 13.8. The molecule has 2 rings (SSSR count). The number of nitrogen functional groups attached to an aromatic ring is 1. The molecule has 5 heteroatoms. The van der Waals surface area contributed by atoms with Gasteiger partial charge in [0.05, 0.1) is 10.7 Å². The fraction of sp³-hybridized carbons (Fsp3) is 0.571. The van der Waals surface area contributed by atoms with Gasteiger partial charge in [-0.2, -0.15) is 0 Å². The first-order valence-corrected chi connectivity index (χ1v) is 7.11. The van der Waals surface area contributed by atoms with E-state index in [0.717, 1.165) is 55.7 Å². The Labute approximate surface area is 120 Å². The predicted octanol–water partition coefficient (Wildman–Crippen LogP) is 1.61. The van der Waals surface area contributed by atoms with Crippen LogP contribution < -0.4 is 10.6 Å². The van der Waals surface area contributed by atoms with Crippen LogP contribution in [0.4, 0.5) is 11.4 Å². The van der Waals surface area contributed by atoms with Crippen LogP contribution in [0.15, 0.2) is 18.2 Å². The lowest BCUT2D eigenvalue weighted by molar-refractivity contribution is 0.229. The van der Waals surface area contributed by atoms with Crippen LogP contribution in [0.5, 0.6) is 0 Å². The number of nitrogens with zero attached hydrogens (tertiary/aromatic N) is 3. The van der Waals surface area contributed by atoms with E-state index in [1.54, 1.807) is 0 Å². The van der Waals surface area contributed by atoms with Crippen LogP contribution in [0.25, 0.3) is 0 Å². The Morgan fingerprint density at radius 1 is 1.21 bits per heavy atom. The summed E-state index contributed by atoms with van der Waals surface area (Å²) in [6.45, 7) is 6.48. The molecule has 1 fully saturated rings. The van der Waals surface area contributed by atoms with Gasteiger partial charge in [-0.15, -0.1) is 0 Å². The molecule has 0 bridgehead atoms. The number of piperazine rings is 1. The third-order valence-corrected chi connectivity index (χ3v) is 3.85. The molecule has 1 saturated heterocycles. The van der Waals surface area contributed by atoms with Crippen molar-refractivity contribution < 1.29 is 0 Å². The highest BCUT2D eigenvalue weighted by Gasteiger charge is 2.18. The van der Waals surface area contributed by atoms with Crippen molar-refractivity contribution in [2.24, 2.45) is 0 Å². The number of hydrogen-bond donors (Lipinski definition) is 1. The third-order valence-electron chi connectivity index (χ3n) is 3.55. The maximum absolute atomic E-state index is 6.26. The fourth-order valence-electron chi connectivity index (χ4n) is 2.33. The molecule has 0 amide bonds. The molecule has 0 spiro atoms. The maximum Gasteiger partial charge on any atom is 0.0660 e. The second-order valence-electron chi connectivity index (χ2n) is 5.34. The molecule has 19 heavy (non-hydrogen) atoms. The minimum atomic E-state index is 0.721. The van der Waals surface area contributed by atoms with Crippen molar-refractivity contribution in [1.29, 1.82) is 0 Å². The summed E-state index contributed by atoms with van der Waals surface area (Å²) in [5.74, 6) is 0. The number of rotatable bonds is 4. The number of benzene rings is 1. The van der Waals surface area contributed by atoms with E-state index in [0.29, 0.717) is 0 Å². The summed E-state index contributed by atoms with van der Waals surface area (Å²) in [5, 5.41) is 0.752. The van der Waals surface area contributed by atoms with Gasteiger partial charge < -0.3 is 15.5 Å². The summed E-state index contributed by atoms with van der Waals surface area (Å²) >= 11 is 6.26. The Kier molecular flexibility index (Phi) is 4.91. The van der Waals surface area contributed by atoms with Crippen molar-refractivity contribution in [3.8, 4) is 0 Å². The van der Waals surface area contributed by atoms with Crippen LogP contribution in [-0.4, -0.2) is 63.2 Å². The van der Waals surface area contributed by atoms with Gasteiger partial charge in [0.25, 0.3) is 0 Å². The van der Waals surface area contributed by atoms with Gasteiger partial charge in [0.2, 0.25) is 0 Å². The monoisotopic (exact) mass is 282 g/mol. The molecule has 1 aromatic rings. The third kappa shape index (κ3) is 4.00. The Morgan fingerprint density at radius 3 is 2.47 bits per heavy atom. The average Bonchev–Trinajstić information content (AvgIpc) is 2.37. The Balaban J connectivity index is 1.89. The predicted molar refractivity (Wildman–Crippen MR) is 83.1 cm³/mol. The standard InChI is InChI=1S/C14H23ClN4/c1-17(2)5-6-18-7-9-19(10-8-18)14-4-3-12(16)11-13(14)15/h3-4,11H,5-10,16H2,1-2H3. The van der Waals surface area contributed by atoms with Crippen LogP contribution in [0.2, 0.25) is 5.02 Å². The van der Waals surface area contributed by atoms with E-state index < -0.39 is 0 Å². The van der Waals surface area contributed by atoms with E-state index in [9.17, 15) is 0 Å². The minimum absolute atomic E-state index is 0.721. The molecule has 2 N–H and O–H groups in total. The summed E-state index contributed by atoms with van der Waals surface area (Å²) in [7, 11) is 4.23. The van der Waals surface area contributed by atoms with Crippen molar-refractivity contribution in [3.63, 3.8) is 0 Å². The number of anilines is 2. The quantitative estimate of drug-likeness (QED) is 0.851. The molecular weight excluding hydrogens is 260 g/mol. The van der Waals surface area contributed by atoms with Crippen molar-refractivity contribution in [1.82, 2.24) is 9.80 Å². The SMILES string of the molecule is CN(C)CCN1CCN(c2ccc(N)cc2Cl)CC1. The van der Waals surface area contributed by atoms with Gasteiger partial charge >= 0.3 is 0 Å². The molecule has 0 radical (unpaired) electrons. The molecule has 1 aliphatic heterocycles. The number of hydrogen-bond acceptors (Lipinski definition) is 4. The largest absolute Gasteiger partial charge is 0.399 e. The van der Waals surface area contributed by atoms with Gasteiger partial charge in [-0.25, -0.2) is 0 Å². The Hall–Kier alpha value is -0.970. The van der Waals surface area contributed by atoms with E-state index in [-0.39, 0.29) is 0 Å². The lowest BCUT2D eigenvalue weighted by Crippen LogP contribution is -2.48. The highest BCUT2D eigenvalue weighted by molar-refractivity contribution is 6.33. The topological polar surface area (TPSA) is 35.7 Å². The lowest BCUT2D eigenvalue weighted by atomic mass is 10.2. The molecule has 1 aliphatic rings. The number of nitrogens with two attached hydrogens (primary N) is 1. The lowest BCUT2D eigenvalue weighted by Gasteiger charge is -2.36. The van der Waals surface area contributed by atoms with Gasteiger partial charge in [0, 0.05) is 45.0 Å². The fourth-order valence-corrected chi connectivity index (χ4v) is 2.64. The van der Waals surface area contributed by atoms with Crippen molar-refractivity contribution in [3.05, 3.63) is 23.2 Å². The maximum atomic E-state index is 6.26. The Bertz CT molecular complexity index is 414. The van der Waals surface area contributed by atoms with Crippen molar-refractivity contribution >= 4 is 23.0 Å². The zero-order valence-electron chi connectivity index (χ0n) is 11.8. The minimum Gasteiger partial charge on any atom is -0.399 e. The van der Waals surface area contributed by atoms with E-state index in [1.165, 1.54) is 0 Å². The summed E-state index contributed by atoms with van der Waals surface area (Å²) in [4.78, 5) is 7.07. The first-order valence-electron chi connectivity index (χ1n) is 6.73. The molecule has 1 heterocycles. The highest BCUT2D eigenvalue weighted by atomic mass is 35.5. The van der Waals surface area contributed by atoms with Gasteiger partial charge in [0.1, 0.15) is 0 Å². The average molecular weight is 283 g/mol. The molecule has 0 atom stereocenters. The van der Waals surface area contributed by atoms with Crippen LogP contribution in [0, 0.1) is 0 Å². The van der Waals surface area contributed by atoms with Gasteiger partial charge in [0.15, 0.2) is 0 Å². The van der Waals surface area contributed by atoms with Crippen LogP contribution in [-0.2, 0) is 0 Å². The van der Waals surface area contributed by atoms with E-state index in [1.807, 2.05) is 18.2 Å². The molecule has 1 aromatic carbocycles. The van der Waals surface area contributed by atoms with Crippen LogP contribution in [0.1, 0.15) is 0 Å². The molecule has 106 valence electrons. The summed E-state index contributed by atoms with van der Waals surface area (Å²) in [6, 6.07) is 5.77. The smallest absolute Gasteiger partial charge is 0.0660 e. The molecular formula is C14H23ClN4. The zero-order valence-corrected chi connectivity index (χ0v) is 12.5. The summed E-state index contributed by atoms with van der Waals surface area (Å²) < 4.78 is 0.